The normalized spacial score (nSPS) is 14.4. The number of nitrogens with one attached hydrogen (secondary N) is 1. The summed E-state index contributed by atoms with van der Waals surface area (Å²) in [5, 5.41) is 2.04. The van der Waals surface area contributed by atoms with Crippen LogP contribution in [0, 0.1) is 5.41 Å². The van der Waals surface area contributed by atoms with Crippen molar-refractivity contribution in [3.63, 3.8) is 0 Å². The minimum atomic E-state index is 0.272. The Morgan fingerprint density at radius 3 is 2.88 bits per heavy atom. The first-order valence-corrected chi connectivity index (χ1v) is 6.73. The monoisotopic (exact) mass is 252 g/mol. The van der Waals surface area contributed by atoms with Gasteiger partial charge in [0.05, 0.1) is 5.69 Å². The SMILES string of the molecule is CC(C)(C)CC(Cc1cn2ccsc2n1)NN. The van der Waals surface area contributed by atoms with Crippen LogP contribution in [0.5, 0.6) is 0 Å². The van der Waals surface area contributed by atoms with Gasteiger partial charge in [-0.3, -0.25) is 15.7 Å². The van der Waals surface area contributed by atoms with Crippen LogP contribution >= 0.6 is 11.3 Å². The molecule has 0 radical (unpaired) electrons. The number of nitrogens with two attached hydrogens (primary N) is 1. The van der Waals surface area contributed by atoms with Gasteiger partial charge < -0.3 is 0 Å². The molecule has 1 atom stereocenters. The molecule has 0 bridgehead atoms. The van der Waals surface area contributed by atoms with E-state index in [1.54, 1.807) is 11.3 Å². The van der Waals surface area contributed by atoms with Crippen LogP contribution in [0.2, 0.25) is 0 Å². The van der Waals surface area contributed by atoms with Crippen molar-refractivity contribution in [2.24, 2.45) is 11.3 Å². The molecule has 4 nitrogen and oxygen atoms in total. The maximum atomic E-state index is 5.62. The summed E-state index contributed by atoms with van der Waals surface area (Å²) < 4.78 is 2.06. The molecule has 0 aliphatic heterocycles. The average Bonchev–Trinajstić information content (AvgIpc) is 2.74. The molecular formula is C12H20N4S. The van der Waals surface area contributed by atoms with Gasteiger partial charge in [0.2, 0.25) is 0 Å². The molecule has 3 N–H and O–H groups in total. The van der Waals surface area contributed by atoms with Crippen LogP contribution in [-0.2, 0) is 6.42 Å². The first kappa shape index (κ1) is 12.5. The van der Waals surface area contributed by atoms with Crippen molar-refractivity contribution in [2.45, 2.75) is 39.7 Å². The number of hydrogen-bond donors (Lipinski definition) is 2. The molecule has 0 aromatic carbocycles. The van der Waals surface area contributed by atoms with E-state index in [4.69, 9.17) is 5.84 Å². The number of hydrazine groups is 1. The number of rotatable bonds is 4. The highest BCUT2D eigenvalue weighted by atomic mass is 32.1. The summed E-state index contributed by atoms with van der Waals surface area (Å²) in [6.07, 6.45) is 6.03. The lowest BCUT2D eigenvalue weighted by atomic mass is 9.87. The first-order chi connectivity index (χ1) is 7.98. The molecule has 0 amide bonds. The number of imidazole rings is 1. The maximum absolute atomic E-state index is 5.62. The van der Waals surface area contributed by atoms with Crippen molar-refractivity contribution < 1.29 is 0 Å². The molecule has 94 valence electrons. The smallest absolute Gasteiger partial charge is 0.193 e. The predicted octanol–water partition coefficient (Wildman–Crippen LogP) is 2.21. The lowest BCUT2D eigenvalue weighted by molar-refractivity contribution is 0.307. The summed E-state index contributed by atoms with van der Waals surface area (Å²) in [6.45, 7) is 6.68. The van der Waals surface area contributed by atoms with E-state index in [2.05, 4.69) is 41.8 Å². The summed E-state index contributed by atoms with van der Waals surface area (Å²) in [7, 11) is 0. The molecule has 2 rings (SSSR count). The fourth-order valence-electron chi connectivity index (χ4n) is 2.06. The first-order valence-electron chi connectivity index (χ1n) is 5.85. The Kier molecular flexibility index (Phi) is 3.51. The van der Waals surface area contributed by atoms with Gasteiger partial charge in [0.15, 0.2) is 4.96 Å². The second-order valence-corrected chi connectivity index (χ2v) is 6.53. The van der Waals surface area contributed by atoms with Crippen LogP contribution in [0.1, 0.15) is 32.9 Å². The summed E-state index contributed by atoms with van der Waals surface area (Å²) in [5.74, 6) is 5.62. The van der Waals surface area contributed by atoms with E-state index < -0.39 is 0 Å². The fraction of sp³-hybridized carbons (Fsp3) is 0.583. The zero-order valence-corrected chi connectivity index (χ0v) is 11.4. The van der Waals surface area contributed by atoms with Crippen LogP contribution in [0.4, 0.5) is 0 Å². The zero-order valence-electron chi connectivity index (χ0n) is 10.6. The van der Waals surface area contributed by atoms with Gasteiger partial charge in [-0.05, 0) is 11.8 Å². The van der Waals surface area contributed by atoms with Gasteiger partial charge in [0.25, 0.3) is 0 Å². The van der Waals surface area contributed by atoms with Crippen LogP contribution in [0.15, 0.2) is 17.8 Å². The van der Waals surface area contributed by atoms with E-state index in [9.17, 15) is 0 Å². The molecule has 1 unspecified atom stereocenters. The number of nitrogens with zero attached hydrogens (tertiary/aromatic N) is 2. The van der Waals surface area contributed by atoms with Crippen molar-refractivity contribution >= 4 is 16.3 Å². The number of fused-ring (bicyclic) bond motifs is 1. The Hall–Kier alpha value is -0.910. The van der Waals surface area contributed by atoms with Gasteiger partial charge >= 0.3 is 0 Å². The molecule has 17 heavy (non-hydrogen) atoms. The lowest BCUT2D eigenvalue weighted by Gasteiger charge is -2.24. The lowest BCUT2D eigenvalue weighted by Crippen LogP contribution is -2.39. The summed E-state index contributed by atoms with van der Waals surface area (Å²) in [5.41, 5.74) is 4.27. The Morgan fingerprint density at radius 2 is 2.29 bits per heavy atom. The van der Waals surface area contributed by atoms with Gasteiger partial charge in [-0.25, -0.2) is 4.98 Å². The highest BCUT2D eigenvalue weighted by Crippen LogP contribution is 2.22. The van der Waals surface area contributed by atoms with Crippen LogP contribution in [0.25, 0.3) is 4.96 Å². The molecule has 0 saturated heterocycles. The van der Waals surface area contributed by atoms with E-state index >= 15 is 0 Å². The maximum Gasteiger partial charge on any atom is 0.193 e. The highest BCUT2D eigenvalue weighted by molar-refractivity contribution is 7.15. The van der Waals surface area contributed by atoms with Crippen molar-refractivity contribution in [3.05, 3.63) is 23.5 Å². The van der Waals surface area contributed by atoms with Crippen molar-refractivity contribution in [1.29, 1.82) is 0 Å². The molecule has 2 aromatic rings. The highest BCUT2D eigenvalue weighted by Gasteiger charge is 2.19. The standard InChI is InChI=1S/C12H20N4S/c1-12(2,3)7-9(15-13)6-10-8-16-4-5-17-11(16)14-10/h4-5,8-9,15H,6-7,13H2,1-3H3. The number of thiazole rings is 1. The molecule has 0 spiro atoms. The van der Waals surface area contributed by atoms with E-state index in [0.29, 0.717) is 0 Å². The van der Waals surface area contributed by atoms with Gasteiger partial charge in [-0.2, -0.15) is 0 Å². The molecule has 5 heteroatoms. The van der Waals surface area contributed by atoms with E-state index in [0.717, 1.165) is 23.5 Å². The third-order valence-electron chi connectivity index (χ3n) is 2.69. The number of aromatic nitrogens is 2. The van der Waals surface area contributed by atoms with Crippen molar-refractivity contribution in [2.75, 3.05) is 0 Å². The summed E-state index contributed by atoms with van der Waals surface area (Å²) >= 11 is 1.66. The Bertz CT molecular complexity index is 451. The molecule has 2 heterocycles. The molecule has 0 aliphatic rings. The summed E-state index contributed by atoms with van der Waals surface area (Å²) in [4.78, 5) is 5.62. The third kappa shape index (κ3) is 3.28. The zero-order chi connectivity index (χ0) is 12.5. The fourth-order valence-corrected chi connectivity index (χ4v) is 2.78. The van der Waals surface area contributed by atoms with Gasteiger partial charge in [0, 0.05) is 30.2 Å². The van der Waals surface area contributed by atoms with E-state index in [1.807, 2.05) is 11.6 Å². The Labute approximate surface area is 106 Å². The topological polar surface area (TPSA) is 55.3 Å². The molecular weight excluding hydrogens is 232 g/mol. The molecule has 2 aromatic heterocycles. The second-order valence-electron chi connectivity index (χ2n) is 5.66. The molecule has 0 fully saturated rings. The quantitative estimate of drug-likeness (QED) is 0.648. The minimum absolute atomic E-state index is 0.272. The third-order valence-corrected chi connectivity index (χ3v) is 3.46. The minimum Gasteiger partial charge on any atom is -0.297 e. The summed E-state index contributed by atoms with van der Waals surface area (Å²) in [6, 6.07) is 0.277. The molecule has 0 saturated carbocycles. The van der Waals surface area contributed by atoms with Gasteiger partial charge in [-0.1, -0.05) is 20.8 Å². The van der Waals surface area contributed by atoms with Crippen LogP contribution in [0.3, 0.4) is 0 Å². The van der Waals surface area contributed by atoms with E-state index in [1.165, 1.54) is 0 Å². The van der Waals surface area contributed by atoms with Crippen LogP contribution < -0.4 is 11.3 Å². The van der Waals surface area contributed by atoms with Crippen molar-refractivity contribution in [3.8, 4) is 0 Å². The Balaban J connectivity index is 2.05. The van der Waals surface area contributed by atoms with Gasteiger partial charge in [-0.15, -0.1) is 11.3 Å². The molecule has 0 aliphatic carbocycles. The second kappa shape index (κ2) is 4.76. The largest absolute Gasteiger partial charge is 0.297 e. The van der Waals surface area contributed by atoms with Gasteiger partial charge in [0.1, 0.15) is 0 Å². The van der Waals surface area contributed by atoms with Crippen molar-refractivity contribution in [1.82, 2.24) is 14.8 Å². The van der Waals surface area contributed by atoms with Crippen LogP contribution in [-0.4, -0.2) is 15.4 Å². The number of hydrogen-bond acceptors (Lipinski definition) is 4. The van der Waals surface area contributed by atoms with E-state index in [-0.39, 0.29) is 11.5 Å². The average molecular weight is 252 g/mol. The predicted molar refractivity (Wildman–Crippen MR) is 72.0 cm³/mol. The Morgan fingerprint density at radius 1 is 1.53 bits per heavy atom.